The molecule has 1 unspecified atom stereocenters. The molecule has 1 amide bonds. The van der Waals surface area contributed by atoms with Crippen molar-refractivity contribution in [2.45, 2.75) is 51.9 Å². The van der Waals surface area contributed by atoms with Crippen molar-refractivity contribution in [3.8, 4) is 0 Å². The molecule has 6 heteroatoms. The molecule has 2 aromatic carbocycles. The van der Waals surface area contributed by atoms with E-state index in [1.807, 2.05) is 41.3 Å². The number of anilines is 1. The first-order chi connectivity index (χ1) is 16.7. The number of ketones is 2. The summed E-state index contributed by atoms with van der Waals surface area (Å²) in [4.78, 5) is 44.6. The molecule has 1 N–H and O–H groups in total. The number of fused-ring (bicyclic) bond motifs is 6. The second kappa shape index (κ2) is 7.50. The third-order valence-electron chi connectivity index (χ3n) is 7.79. The quantitative estimate of drug-likeness (QED) is 0.527. The molecule has 35 heavy (non-hydrogen) atoms. The third-order valence-corrected chi connectivity index (χ3v) is 8.29. The molecule has 0 bridgehead atoms. The van der Waals surface area contributed by atoms with E-state index in [9.17, 15) is 14.4 Å². The molecule has 0 fully saturated rings. The number of nitrogens with one attached hydrogen (secondary N) is 1. The topological polar surface area (TPSA) is 66.5 Å². The van der Waals surface area contributed by atoms with Crippen LogP contribution in [0.25, 0.3) is 5.70 Å². The Morgan fingerprint density at radius 1 is 1.00 bits per heavy atom. The van der Waals surface area contributed by atoms with Crippen LogP contribution in [-0.4, -0.2) is 28.9 Å². The number of amides is 1. The first kappa shape index (κ1) is 22.5. The van der Waals surface area contributed by atoms with Gasteiger partial charge in [0.2, 0.25) is 5.91 Å². The number of unbranched alkanes of at least 4 members (excludes halogenated alkanes) is 1. The number of benzene rings is 2. The van der Waals surface area contributed by atoms with Gasteiger partial charge in [-0.25, -0.2) is 0 Å². The molecule has 0 saturated heterocycles. The standard InChI is InChI=1S/C29H27BrN2O3/c1-4-5-12-32-21-14-28(2,3)15-22(33)23(21)29(27(32)35)19-13-16(30)10-11-20(19)31-25-17-8-6-7-9-18(17)26(34)24(25)29/h6-11,13,31H,4-5,12,14-15H2,1-3H3. The zero-order chi connectivity index (χ0) is 24.7. The molecule has 2 aromatic rings. The SMILES string of the molecule is CCCCN1C(=O)C2(C3=C(Nc4ccc(Br)cc42)c2ccccc2C3=O)C2=C1CC(C)(C)CC2=O. The monoisotopic (exact) mass is 530 g/mol. The first-order valence-corrected chi connectivity index (χ1v) is 13.0. The average Bonchev–Trinajstić information content (AvgIpc) is 3.22. The number of hydrogen-bond acceptors (Lipinski definition) is 4. The molecular formula is C29H27BrN2O3. The normalized spacial score (nSPS) is 24.0. The van der Waals surface area contributed by atoms with Crippen LogP contribution in [0.4, 0.5) is 5.69 Å². The van der Waals surface area contributed by atoms with Crippen molar-refractivity contribution in [2.75, 3.05) is 11.9 Å². The Kier molecular flexibility index (Phi) is 4.82. The largest absolute Gasteiger partial charge is 0.354 e. The Morgan fingerprint density at radius 3 is 2.49 bits per heavy atom. The number of nitrogens with zero attached hydrogens (tertiary/aromatic N) is 1. The number of rotatable bonds is 3. The van der Waals surface area contributed by atoms with Crippen molar-refractivity contribution in [1.82, 2.24) is 4.90 Å². The summed E-state index contributed by atoms with van der Waals surface area (Å²) < 4.78 is 0.801. The minimum atomic E-state index is -1.44. The fraction of sp³-hybridized carbons (Fsp3) is 0.345. The zero-order valence-corrected chi connectivity index (χ0v) is 21.7. The first-order valence-electron chi connectivity index (χ1n) is 12.3. The van der Waals surface area contributed by atoms with Gasteiger partial charge in [0.25, 0.3) is 0 Å². The van der Waals surface area contributed by atoms with Crippen LogP contribution in [0.3, 0.4) is 0 Å². The molecule has 2 aliphatic heterocycles. The summed E-state index contributed by atoms with van der Waals surface area (Å²) in [6.07, 6.45) is 2.74. The molecular weight excluding hydrogens is 504 g/mol. The van der Waals surface area contributed by atoms with E-state index in [1.54, 1.807) is 6.07 Å². The lowest BCUT2D eigenvalue weighted by molar-refractivity contribution is -0.131. The number of allylic oxidation sites excluding steroid dienone is 1. The molecule has 0 aromatic heterocycles. The van der Waals surface area contributed by atoms with Gasteiger partial charge in [0.1, 0.15) is 5.41 Å². The Balaban J connectivity index is 1.72. The Hall–Kier alpha value is -2.99. The number of carbonyl (C=O) groups excluding carboxylic acids is 3. The molecule has 2 heterocycles. The summed E-state index contributed by atoms with van der Waals surface area (Å²) in [7, 11) is 0. The van der Waals surface area contributed by atoms with Crippen LogP contribution in [0.1, 0.15) is 67.9 Å². The maximum atomic E-state index is 14.7. The lowest BCUT2D eigenvalue weighted by Gasteiger charge is -2.39. The third kappa shape index (κ3) is 2.89. The van der Waals surface area contributed by atoms with E-state index < -0.39 is 5.41 Å². The number of Topliss-reactive ketones (excluding diaryl/α,β-unsaturated/α-hetero) is 2. The van der Waals surface area contributed by atoms with Crippen LogP contribution in [-0.2, 0) is 15.0 Å². The number of hydrogen-bond donors (Lipinski definition) is 1. The summed E-state index contributed by atoms with van der Waals surface area (Å²) in [6.45, 7) is 6.79. The molecule has 1 spiro atoms. The van der Waals surface area contributed by atoms with Crippen LogP contribution in [0.15, 0.2) is 63.8 Å². The van der Waals surface area contributed by atoms with Crippen LogP contribution in [0, 0.1) is 5.41 Å². The van der Waals surface area contributed by atoms with Gasteiger partial charge >= 0.3 is 0 Å². The Labute approximate surface area is 213 Å². The molecule has 1 atom stereocenters. The lowest BCUT2D eigenvalue weighted by Crippen LogP contribution is -2.47. The Morgan fingerprint density at radius 2 is 1.74 bits per heavy atom. The van der Waals surface area contributed by atoms with Gasteiger partial charge in [-0.05, 0) is 36.5 Å². The summed E-state index contributed by atoms with van der Waals surface area (Å²) >= 11 is 3.58. The second-order valence-corrected chi connectivity index (χ2v) is 11.7. The Bertz CT molecular complexity index is 1420. The van der Waals surface area contributed by atoms with Crippen molar-refractivity contribution in [2.24, 2.45) is 5.41 Å². The van der Waals surface area contributed by atoms with Gasteiger partial charge in [0.15, 0.2) is 11.6 Å². The summed E-state index contributed by atoms with van der Waals surface area (Å²) in [5.74, 6) is -0.382. The van der Waals surface area contributed by atoms with Gasteiger partial charge in [-0.15, -0.1) is 0 Å². The van der Waals surface area contributed by atoms with E-state index >= 15 is 0 Å². The van der Waals surface area contributed by atoms with E-state index in [-0.39, 0.29) is 22.9 Å². The van der Waals surface area contributed by atoms with E-state index in [1.165, 1.54) is 0 Å². The second-order valence-electron chi connectivity index (χ2n) is 10.8. The summed E-state index contributed by atoms with van der Waals surface area (Å²) in [5.41, 5.74) is 3.45. The van der Waals surface area contributed by atoms with Gasteiger partial charge in [0, 0.05) is 56.7 Å². The fourth-order valence-corrected chi connectivity index (χ4v) is 6.75. The maximum Gasteiger partial charge on any atom is 0.246 e. The lowest BCUT2D eigenvalue weighted by atomic mass is 9.61. The molecule has 6 rings (SSSR count). The minimum Gasteiger partial charge on any atom is -0.354 e. The van der Waals surface area contributed by atoms with Crippen molar-refractivity contribution in [3.63, 3.8) is 0 Å². The zero-order valence-electron chi connectivity index (χ0n) is 20.1. The molecule has 2 aliphatic carbocycles. The van der Waals surface area contributed by atoms with Gasteiger partial charge in [-0.1, -0.05) is 67.4 Å². The summed E-state index contributed by atoms with van der Waals surface area (Å²) in [5, 5.41) is 3.46. The molecule has 178 valence electrons. The predicted molar refractivity (Wildman–Crippen MR) is 139 cm³/mol. The van der Waals surface area contributed by atoms with E-state index in [4.69, 9.17) is 0 Å². The van der Waals surface area contributed by atoms with Crippen molar-refractivity contribution in [1.29, 1.82) is 0 Å². The van der Waals surface area contributed by atoms with Crippen LogP contribution < -0.4 is 5.32 Å². The molecule has 5 nitrogen and oxygen atoms in total. The highest BCUT2D eigenvalue weighted by Crippen LogP contribution is 2.60. The minimum absolute atomic E-state index is 0.0352. The average molecular weight is 531 g/mol. The molecule has 0 saturated carbocycles. The smallest absolute Gasteiger partial charge is 0.246 e. The van der Waals surface area contributed by atoms with Crippen LogP contribution in [0.5, 0.6) is 0 Å². The van der Waals surface area contributed by atoms with Crippen LogP contribution in [0.2, 0.25) is 0 Å². The van der Waals surface area contributed by atoms with Crippen molar-refractivity contribution < 1.29 is 14.4 Å². The molecule has 4 aliphatic rings. The maximum absolute atomic E-state index is 14.7. The predicted octanol–water partition coefficient (Wildman–Crippen LogP) is 6.01. The molecule has 0 radical (unpaired) electrons. The van der Waals surface area contributed by atoms with Gasteiger partial charge < -0.3 is 10.2 Å². The van der Waals surface area contributed by atoms with Gasteiger partial charge in [-0.3, -0.25) is 14.4 Å². The highest BCUT2D eigenvalue weighted by atomic mass is 79.9. The van der Waals surface area contributed by atoms with Gasteiger partial charge in [0.05, 0.1) is 5.70 Å². The highest BCUT2D eigenvalue weighted by molar-refractivity contribution is 9.10. The van der Waals surface area contributed by atoms with E-state index in [0.717, 1.165) is 34.3 Å². The summed E-state index contributed by atoms with van der Waals surface area (Å²) in [6, 6.07) is 13.2. The van der Waals surface area contributed by atoms with E-state index in [0.29, 0.717) is 47.4 Å². The van der Waals surface area contributed by atoms with Crippen molar-refractivity contribution in [3.05, 3.63) is 80.5 Å². The highest BCUT2D eigenvalue weighted by Gasteiger charge is 2.65. The number of halogens is 1. The van der Waals surface area contributed by atoms with Crippen molar-refractivity contribution >= 4 is 44.8 Å². The van der Waals surface area contributed by atoms with Gasteiger partial charge in [-0.2, -0.15) is 0 Å². The fourth-order valence-electron chi connectivity index (χ4n) is 6.39. The van der Waals surface area contributed by atoms with E-state index in [2.05, 4.69) is 42.0 Å². The number of carbonyl (C=O) groups is 3. The van der Waals surface area contributed by atoms with Crippen LogP contribution >= 0.6 is 15.9 Å².